The maximum absolute atomic E-state index is 10.4. The van der Waals surface area contributed by atoms with Crippen LogP contribution in [0.2, 0.25) is 0 Å². The van der Waals surface area contributed by atoms with Gasteiger partial charge in [-0.25, -0.2) is 0 Å². The smallest absolute Gasteiger partial charge is 0.172 e. The lowest BCUT2D eigenvalue weighted by molar-refractivity contribution is -0.110. The van der Waals surface area contributed by atoms with E-state index in [0.29, 0.717) is 0 Å². The van der Waals surface area contributed by atoms with Crippen LogP contribution < -0.4 is 0 Å². The minimum absolute atomic E-state index is 0.188. The predicted molar refractivity (Wildman–Crippen MR) is 59.0 cm³/mol. The Morgan fingerprint density at radius 2 is 0.933 bits per heavy atom. The van der Waals surface area contributed by atoms with Crippen LogP contribution in [0.5, 0.6) is 0 Å². The molecule has 0 saturated carbocycles. The summed E-state index contributed by atoms with van der Waals surface area (Å²) >= 11 is 0. The number of rotatable bonds is 0. The van der Waals surface area contributed by atoms with Crippen molar-refractivity contribution in [1.82, 2.24) is 0 Å². The molecule has 0 aliphatic rings. The molecule has 0 N–H and O–H groups in total. The van der Waals surface area contributed by atoms with Crippen molar-refractivity contribution in [2.45, 2.75) is 40.8 Å². The summed E-state index contributed by atoms with van der Waals surface area (Å²) < 4.78 is 31.1. The Hall–Kier alpha value is -0.990. The van der Waals surface area contributed by atoms with Crippen molar-refractivity contribution in [3.63, 3.8) is 0 Å². The summed E-state index contributed by atoms with van der Waals surface area (Å²) in [5.74, 6) is 0. The van der Waals surface area contributed by atoms with Crippen LogP contribution in [0.4, 0.5) is 13.2 Å². The van der Waals surface area contributed by atoms with Crippen LogP contribution in [0.25, 0.3) is 0 Å². The first-order chi connectivity index (χ1) is 6.79. The molecular weight excluding hydrogens is 201 g/mol. The summed E-state index contributed by atoms with van der Waals surface area (Å²) in [4.78, 5) is 0. The van der Waals surface area contributed by atoms with E-state index in [1.807, 2.05) is 13.8 Å². The van der Waals surface area contributed by atoms with Gasteiger partial charge in [-0.3, -0.25) is 0 Å². The summed E-state index contributed by atoms with van der Waals surface area (Å²) in [5.41, 5.74) is 2.66. The SMILES string of the molecule is CC.CC(F)(F)F.Cc1ccc(C)cc1. The molecule has 1 aromatic rings. The maximum atomic E-state index is 10.4. The fourth-order valence-corrected chi connectivity index (χ4v) is 0.637. The van der Waals surface area contributed by atoms with Crippen molar-refractivity contribution in [1.29, 1.82) is 0 Å². The first kappa shape index (κ1) is 16.4. The third kappa shape index (κ3) is 19.4. The van der Waals surface area contributed by atoms with Crippen LogP contribution in [-0.2, 0) is 0 Å². The van der Waals surface area contributed by atoms with E-state index in [4.69, 9.17) is 0 Å². The van der Waals surface area contributed by atoms with Gasteiger partial charge in [-0.15, -0.1) is 0 Å². The van der Waals surface area contributed by atoms with E-state index in [2.05, 4.69) is 38.1 Å². The molecule has 0 bridgehead atoms. The molecule has 0 spiro atoms. The fourth-order valence-electron chi connectivity index (χ4n) is 0.637. The van der Waals surface area contributed by atoms with Gasteiger partial charge in [-0.05, 0) is 13.8 Å². The highest BCUT2D eigenvalue weighted by atomic mass is 19.4. The zero-order valence-electron chi connectivity index (χ0n) is 9.94. The molecule has 1 aromatic carbocycles. The van der Waals surface area contributed by atoms with E-state index in [1.165, 1.54) is 11.1 Å². The van der Waals surface area contributed by atoms with Gasteiger partial charge in [-0.2, -0.15) is 13.2 Å². The minimum Gasteiger partial charge on any atom is -0.172 e. The van der Waals surface area contributed by atoms with Gasteiger partial charge in [0.15, 0.2) is 0 Å². The standard InChI is InChI=1S/C8H10.C2H3F3.C2H6/c1-7-3-5-8(2)6-4-7;1-2(3,4)5;1-2/h3-6H,1-2H3;1H3;1-2H3. The van der Waals surface area contributed by atoms with Crippen LogP contribution in [0.15, 0.2) is 24.3 Å². The lowest BCUT2D eigenvalue weighted by Gasteiger charge is -1.90. The van der Waals surface area contributed by atoms with Crippen LogP contribution in [0.3, 0.4) is 0 Å². The van der Waals surface area contributed by atoms with E-state index in [9.17, 15) is 13.2 Å². The van der Waals surface area contributed by atoms with Gasteiger partial charge in [0.25, 0.3) is 0 Å². The molecule has 0 amide bonds. The van der Waals surface area contributed by atoms with Gasteiger partial charge in [0.05, 0.1) is 0 Å². The molecule has 0 fully saturated rings. The highest BCUT2D eigenvalue weighted by Crippen LogP contribution is 2.10. The van der Waals surface area contributed by atoms with E-state index >= 15 is 0 Å². The number of benzene rings is 1. The highest BCUT2D eigenvalue weighted by molar-refractivity contribution is 5.19. The van der Waals surface area contributed by atoms with Crippen LogP contribution in [0.1, 0.15) is 31.9 Å². The Kier molecular flexibility index (Phi) is 9.13. The number of alkyl halides is 3. The zero-order chi connectivity index (χ0) is 12.5. The Morgan fingerprint density at radius 3 is 1.07 bits per heavy atom. The minimum atomic E-state index is -4.00. The average molecular weight is 220 g/mol. The third-order valence-corrected chi connectivity index (χ3v) is 1.22. The first-order valence-corrected chi connectivity index (χ1v) is 4.89. The zero-order valence-corrected chi connectivity index (χ0v) is 9.94. The normalized spacial score (nSPS) is 9.33. The molecule has 0 nitrogen and oxygen atoms in total. The van der Waals surface area contributed by atoms with Crippen molar-refractivity contribution in [2.75, 3.05) is 0 Å². The van der Waals surface area contributed by atoms with Gasteiger partial charge < -0.3 is 0 Å². The van der Waals surface area contributed by atoms with Gasteiger partial charge in [0.1, 0.15) is 0 Å². The summed E-state index contributed by atoms with van der Waals surface area (Å²) in [6.45, 7) is 8.38. The monoisotopic (exact) mass is 220 g/mol. The lowest BCUT2D eigenvalue weighted by atomic mass is 10.2. The van der Waals surface area contributed by atoms with E-state index in [-0.39, 0.29) is 6.92 Å². The molecule has 0 aromatic heterocycles. The molecule has 1 rings (SSSR count). The molecule has 0 aliphatic heterocycles. The molecule has 3 heteroatoms. The molecule has 0 heterocycles. The molecule has 88 valence electrons. The molecule has 15 heavy (non-hydrogen) atoms. The van der Waals surface area contributed by atoms with E-state index in [0.717, 1.165) is 0 Å². The quantitative estimate of drug-likeness (QED) is 0.583. The second kappa shape index (κ2) is 8.33. The molecule has 0 aliphatic carbocycles. The average Bonchev–Trinajstić information content (AvgIpc) is 2.11. The van der Waals surface area contributed by atoms with Gasteiger partial charge >= 0.3 is 6.18 Å². The molecular formula is C12H19F3. The Balaban J connectivity index is 0. The van der Waals surface area contributed by atoms with Crippen molar-refractivity contribution < 1.29 is 13.2 Å². The summed E-state index contributed by atoms with van der Waals surface area (Å²) in [6, 6.07) is 8.48. The molecule has 0 atom stereocenters. The van der Waals surface area contributed by atoms with Crippen LogP contribution in [0, 0.1) is 13.8 Å². The van der Waals surface area contributed by atoms with Gasteiger partial charge in [-0.1, -0.05) is 49.2 Å². The lowest BCUT2D eigenvalue weighted by Crippen LogP contribution is -1.95. The Bertz CT molecular complexity index is 207. The predicted octanol–water partition coefficient (Wildman–Crippen LogP) is 4.90. The summed E-state index contributed by atoms with van der Waals surface area (Å²) in [5, 5.41) is 0. The number of halogens is 3. The van der Waals surface area contributed by atoms with Crippen molar-refractivity contribution >= 4 is 0 Å². The second-order valence-corrected chi connectivity index (χ2v) is 2.94. The molecule has 0 unspecified atom stereocenters. The number of hydrogen-bond donors (Lipinski definition) is 0. The van der Waals surface area contributed by atoms with E-state index in [1.54, 1.807) is 0 Å². The topological polar surface area (TPSA) is 0 Å². The molecule has 0 radical (unpaired) electrons. The van der Waals surface area contributed by atoms with Crippen molar-refractivity contribution in [3.8, 4) is 0 Å². The van der Waals surface area contributed by atoms with Crippen molar-refractivity contribution in [3.05, 3.63) is 35.4 Å². The number of aryl methyl sites for hydroxylation is 2. The largest absolute Gasteiger partial charge is 0.386 e. The highest BCUT2D eigenvalue weighted by Gasteiger charge is 2.15. The fraction of sp³-hybridized carbons (Fsp3) is 0.500. The maximum Gasteiger partial charge on any atom is 0.386 e. The van der Waals surface area contributed by atoms with E-state index < -0.39 is 6.18 Å². The number of hydrogen-bond acceptors (Lipinski definition) is 0. The molecule has 0 saturated heterocycles. The van der Waals surface area contributed by atoms with Crippen LogP contribution >= 0.6 is 0 Å². The summed E-state index contributed by atoms with van der Waals surface area (Å²) in [7, 11) is 0. The Labute approximate surface area is 90.1 Å². The second-order valence-electron chi connectivity index (χ2n) is 2.94. The van der Waals surface area contributed by atoms with Crippen molar-refractivity contribution in [2.24, 2.45) is 0 Å². The first-order valence-electron chi connectivity index (χ1n) is 4.89. The third-order valence-electron chi connectivity index (χ3n) is 1.22. The van der Waals surface area contributed by atoms with Gasteiger partial charge in [0, 0.05) is 6.92 Å². The Morgan fingerprint density at radius 1 is 0.800 bits per heavy atom. The summed E-state index contributed by atoms with van der Waals surface area (Å²) in [6.07, 6.45) is -4.00. The van der Waals surface area contributed by atoms with Crippen LogP contribution in [-0.4, -0.2) is 6.18 Å². The van der Waals surface area contributed by atoms with Gasteiger partial charge in [0.2, 0.25) is 0 Å².